The summed E-state index contributed by atoms with van der Waals surface area (Å²) >= 11 is 0. The third-order valence-electron chi connectivity index (χ3n) is 4.02. The van der Waals surface area contributed by atoms with Gasteiger partial charge in [-0.15, -0.1) is 0 Å². The Labute approximate surface area is 149 Å². The monoisotopic (exact) mass is 361 g/mol. The molecule has 0 saturated heterocycles. The van der Waals surface area contributed by atoms with E-state index in [9.17, 15) is 18.8 Å². The van der Waals surface area contributed by atoms with E-state index in [4.69, 9.17) is 5.11 Å². The summed E-state index contributed by atoms with van der Waals surface area (Å²) in [5.41, 5.74) is -1.49. The maximum Gasteiger partial charge on any atom is 0.309 e. The fourth-order valence-electron chi connectivity index (χ4n) is 2.25. The molecule has 2 rings (SSSR count). The van der Waals surface area contributed by atoms with Gasteiger partial charge in [-0.05, 0) is 39.3 Å². The van der Waals surface area contributed by atoms with E-state index >= 15 is 0 Å². The zero-order valence-corrected chi connectivity index (χ0v) is 14.7. The fourth-order valence-corrected chi connectivity index (χ4v) is 2.25. The van der Waals surface area contributed by atoms with E-state index in [1.54, 1.807) is 13.0 Å². The Morgan fingerprint density at radius 3 is 2.58 bits per heavy atom. The molecule has 0 spiro atoms. The highest BCUT2D eigenvalue weighted by atomic mass is 19.1. The molecular weight excluding hydrogens is 341 g/mol. The van der Waals surface area contributed by atoms with Crippen LogP contribution in [0.15, 0.2) is 35.1 Å². The number of carbonyl (C=O) groups excluding carboxylic acids is 1. The highest BCUT2D eigenvalue weighted by Gasteiger charge is 2.27. The second kappa shape index (κ2) is 7.47. The largest absolute Gasteiger partial charge is 0.481 e. The molecule has 8 heteroatoms. The normalized spacial score (nSPS) is 11.2. The number of para-hydroxylation sites is 1. The molecule has 2 N–H and O–H groups in total. The molecule has 1 amide bonds. The predicted molar refractivity (Wildman–Crippen MR) is 92.9 cm³/mol. The number of amides is 1. The van der Waals surface area contributed by atoms with Crippen LogP contribution in [-0.4, -0.2) is 33.3 Å². The number of rotatable bonds is 6. The number of carboxylic acid groups (broad SMARTS) is 1. The van der Waals surface area contributed by atoms with Crippen molar-refractivity contribution in [1.82, 2.24) is 15.1 Å². The lowest BCUT2D eigenvalue weighted by Crippen LogP contribution is -2.35. The second-order valence-corrected chi connectivity index (χ2v) is 6.56. The van der Waals surface area contributed by atoms with Gasteiger partial charge in [-0.3, -0.25) is 14.4 Å². The van der Waals surface area contributed by atoms with Crippen molar-refractivity contribution in [3.8, 4) is 5.69 Å². The van der Waals surface area contributed by atoms with Crippen molar-refractivity contribution in [3.63, 3.8) is 0 Å². The number of aryl methyl sites for hydroxylation is 1. The Hall–Kier alpha value is -3.03. The van der Waals surface area contributed by atoms with Gasteiger partial charge in [0.25, 0.3) is 5.91 Å². The molecule has 1 aromatic heterocycles. The van der Waals surface area contributed by atoms with Gasteiger partial charge in [0.2, 0.25) is 5.43 Å². The topological polar surface area (TPSA) is 101 Å². The number of aliphatic carboxylic acids is 1. The number of nitrogens with zero attached hydrogens (tertiary/aromatic N) is 2. The number of hydrogen-bond donors (Lipinski definition) is 2. The van der Waals surface area contributed by atoms with Gasteiger partial charge in [0, 0.05) is 18.3 Å². The minimum absolute atomic E-state index is 0.0623. The Bertz CT molecular complexity index is 906. The van der Waals surface area contributed by atoms with Crippen LogP contribution >= 0.6 is 0 Å². The summed E-state index contributed by atoms with van der Waals surface area (Å²) in [4.78, 5) is 35.4. The summed E-state index contributed by atoms with van der Waals surface area (Å²) in [6.07, 6.45) is 0.182. The Balaban J connectivity index is 2.26. The molecule has 0 saturated carbocycles. The lowest BCUT2D eigenvalue weighted by atomic mass is 9.90. The summed E-state index contributed by atoms with van der Waals surface area (Å²) in [5.74, 6) is -2.26. The minimum Gasteiger partial charge on any atom is -0.481 e. The molecule has 2 aromatic rings. The highest BCUT2D eigenvalue weighted by Crippen LogP contribution is 2.19. The van der Waals surface area contributed by atoms with Gasteiger partial charge in [-0.25, -0.2) is 9.07 Å². The smallest absolute Gasteiger partial charge is 0.309 e. The molecule has 0 fully saturated rings. The molecule has 0 radical (unpaired) electrons. The number of nitrogens with one attached hydrogen (secondary N) is 1. The third-order valence-corrected chi connectivity index (χ3v) is 4.02. The van der Waals surface area contributed by atoms with Crippen LogP contribution in [-0.2, 0) is 4.79 Å². The molecule has 0 atom stereocenters. The lowest BCUT2D eigenvalue weighted by molar-refractivity contribution is -0.147. The molecule has 0 aliphatic rings. The first kappa shape index (κ1) is 19.3. The van der Waals surface area contributed by atoms with Crippen LogP contribution in [0.4, 0.5) is 4.39 Å². The van der Waals surface area contributed by atoms with Crippen molar-refractivity contribution >= 4 is 11.9 Å². The zero-order valence-electron chi connectivity index (χ0n) is 14.7. The second-order valence-electron chi connectivity index (χ2n) is 6.56. The Kier molecular flexibility index (Phi) is 5.54. The van der Waals surface area contributed by atoms with E-state index in [1.807, 2.05) is 0 Å². The minimum atomic E-state index is -1.01. The maximum atomic E-state index is 14.0. The predicted octanol–water partition coefficient (Wildman–Crippen LogP) is 1.91. The number of aromatic nitrogens is 2. The average Bonchev–Trinajstić information content (AvgIpc) is 2.55. The SMILES string of the molecule is Cc1cc(=O)c(C(=O)NCCC(C)(C)C(=O)O)nn1-c1ccccc1F. The Morgan fingerprint density at radius 1 is 1.31 bits per heavy atom. The van der Waals surface area contributed by atoms with Gasteiger partial charge in [0.1, 0.15) is 11.5 Å². The van der Waals surface area contributed by atoms with E-state index in [-0.39, 0.29) is 24.3 Å². The lowest BCUT2D eigenvalue weighted by Gasteiger charge is -2.18. The van der Waals surface area contributed by atoms with Gasteiger partial charge >= 0.3 is 5.97 Å². The van der Waals surface area contributed by atoms with Crippen LogP contribution < -0.4 is 10.7 Å². The van der Waals surface area contributed by atoms with E-state index in [2.05, 4.69) is 10.4 Å². The van der Waals surface area contributed by atoms with Gasteiger partial charge in [0.05, 0.1) is 5.41 Å². The molecule has 0 unspecified atom stereocenters. The highest BCUT2D eigenvalue weighted by molar-refractivity contribution is 5.92. The maximum absolute atomic E-state index is 14.0. The van der Waals surface area contributed by atoms with E-state index < -0.39 is 28.5 Å². The fraction of sp³-hybridized carbons (Fsp3) is 0.333. The molecule has 138 valence electrons. The van der Waals surface area contributed by atoms with Gasteiger partial charge < -0.3 is 10.4 Å². The first-order valence-corrected chi connectivity index (χ1v) is 8.01. The first-order valence-electron chi connectivity index (χ1n) is 8.01. The molecule has 26 heavy (non-hydrogen) atoms. The summed E-state index contributed by atoms with van der Waals surface area (Å²) < 4.78 is 15.2. The average molecular weight is 361 g/mol. The van der Waals surface area contributed by atoms with Crippen molar-refractivity contribution in [2.45, 2.75) is 27.2 Å². The summed E-state index contributed by atoms with van der Waals surface area (Å²) in [6.45, 7) is 4.72. The standard InChI is InChI=1S/C18H20FN3O4/c1-11-10-14(23)15(16(24)20-9-8-18(2,3)17(25)26)21-22(11)13-7-5-4-6-12(13)19/h4-7,10H,8-9H2,1-3H3,(H,20,24)(H,25,26). The van der Waals surface area contributed by atoms with Crippen LogP contribution in [0.1, 0.15) is 36.5 Å². The number of carbonyl (C=O) groups is 2. The molecule has 0 aliphatic carbocycles. The van der Waals surface area contributed by atoms with Crippen LogP contribution in [0.5, 0.6) is 0 Å². The first-order chi connectivity index (χ1) is 12.1. The molecule has 7 nitrogen and oxygen atoms in total. The van der Waals surface area contributed by atoms with Crippen molar-refractivity contribution in [1.29, 1.82) is 0 Å². The summed E-state index contributed by atoms with van der Waals surface area (Å²) in [5, 5.41) is 15.6. The van der Waals surface area contributed by atoms with Crippen molar-refractivity contribution in [3.05, 3.63) is 57.8 Å². The van der Waals surface area contributed by atoms with E-state index in [0.717, 1.165) is 0 Å². The number of hydrogen-bond acceptors (Lipinski definition) is 4. The van der Waals surface area contributed by atoms with Gasteiger partial charge in [-0.2, -0.15) is 5.10 Å². The van der Waals surface area contributed by atoms with Crippen LogP contribution in [0.25, 0.3) is 5.69 Å². The number of benzene rings is 1. The quantitative estimate of drug-likeness (QED) is 0.818. The number of carboxylic acids is 1. The summed E-state index contributed by atoms with van der Waals surface area (Å²) in [6, 6.07) is 7.08. The Morgan fingerprint density at radius 2 is 1.96 bits per heavy atom. The molecule has 0 aliphatic heterocycles. The van der Waals surface area contributed by atoms with E-state index in [0.29, 0.717) is 5.69 Å². The van der Waals surface area contributed by atoms with Crippen LogP contribution in [0.2, 0.25) is 0 Å². The molecule has 1 heterocycles. The number of halogens is 1. The third kappa shape index (κ3) is 4.14. The molecule has 1 aromatic carbocycles. The molecule has 0 bridgehead atoms. The van der Waals surface area contributed by atoms with Crippen LogP contribution in [0.3, 0.4) is 0 Å². The zero-order chi connectivity index (χ0) is 19.5. The summed E-state index contributed by atoms with van der Waals surface area (Å²) in [7, 11) is 0. The van der Waals surface area contributed by atoms with Gasteiger partial charge in [0.15, 0.2) is 5.69 Å². The van der Waals surface area contributed by atoms with Crippen molar-refractivity contribution < 1.29 is 19.1 Å². The molecular formula is C18H20FN3O4. The van der Waals surface area contributed by atoms with Crippen molar-refractivity contribution in [2.24, 2.45) is 5.41 Å². The van der Waals surface area contributed by atoms with E-state index in [1.165, 1.54) is 42.8 Å². The van der Waals surface area contributed by atoms with Crippen molar-refractivity contribution in [2.75, 3.05) is 6.54 Å². The van der Waals surface area contributed by atoms with Gasteiger partial charge in [-0.1, -0.05) is 12.1 Å². The van der Waals surface area contributed by atoms with Crippen LogP contribution in [0, 0.1) is 18.2 Å².